The number of nitro groups is 1. The van der Waals surface area contributed by atoms with Crippen molar-refractivity contribution in [3.63, 3.8) is 0 Å². The van der Waals surface area contributed by atoms with E-state index in [4.69, 9.17) is 14.2 Å². The van der Waals surface area contributed by atoms with Gasteiger partial charge < -0.3 is 18.8 Å². The highest BCUT2D eigenvalue weighted by atomic mass is 16.6. The molecule has 0 N–H and O–H groups in total. The van der Waals surface area contributed by atoms with Gasteiger partial charge >= 0.3 is 5.97 Å². The maximum absolute atomic E-state index is 12.7. The molecule has 1 fully saturated rings. The monoisotopic (exact) mass is 416 g/mol. The minimum Gasteiger partial charge on any atom is -0.496 e. The van der Waals surface area contributed by atoms with Gasteiger partial charge in [-0.2, -0.15) is 0 Å². The molecule has 0 unspecified atom stereocenters. The number of benzene rings is 1. The molecule has 0 spiro atoms. The lowest BCUT2D eigenvalue weighted by molar-refractivity contribution is -0.384. The Labute approximate surface area is 173 Å². The number of rotatable bonds is 8. The predicted octanol–water partition coefficient (Wildman–Crippen LogP) is 3.24. The maximum Gasteiger partial charge on any atom is 0.342 e. The van der Waals surface area contributed by atoms with E-state index in [2.05, 4.69) is 0 Å². The van der Waals surface area contributed by atoms with Gasteiger partial charge in [0, 0.05) is 42.2 Å². The van der Waals surface area contributed by atoms with E-state index < -0.39 is 17.5 Å². The summed E-state index contributed by atoms with van der Waals surface area (Å²) in [4.78, 5) is 35.4. The summed E-state index contributed by atoms with van der Waals surface area (Å²) in [7, 11) is 1.34. The Bertz CT molecular complexity index is 974. The van der Waals surface area contributed by atoms with E-state index in [9.17, 15) is 19.7 Å². The van der Waals surface area contributed by atoms with Gasteiger partial charge in [-0.1, -0.05) is 0 Å². The second-order valence-electron chi connectivity index (χ2n) is 7.17. The van der Waals surface area contributed by atoms with Gasteiger partial charge in [0.1, 0.15) is 11.3 Å². The predicted molar refractivity (Wildman–Crippen MR) is 107 cm³/mol. The Morgan fingerprint density at radius 1 is 1.27 bits per heavy atom. The summed E-state index contributed by atoms with van der Waals surface area (Å²) in [6.07, 6.45) is 2.16. The summed E-state index contributed by atoms with van der Waals surface area (Å²) >= 11 is 0. The van der Waals surface area contributed by atoms with E-state index in [0.717, 1.165) is 36.9 Å². The third-order valence-electron chi connectivity index (χ3n) is 5.23. The molecule has 1 saturated heterocycles. The number of ether oxygens (including phenoxy) is 3. The van der Waals surface area contributed by atoms with E-state index in [0.29, 0.717) is 12.1 Å². The van der Waals surface area contributed by atoms with Crippen molar-refractivity contribution in [2.24, 2.45) is 0 Å². The van der Waals surface area contributed by atoms with Crippen LogP contribution in [0.3, 0.4) is 0 Å². The first-order valence-electron chi connectivity index (χ1n) is 9.63. The molecule has 0 radical (unpaired) electrons. The number of aromatic nitrogens is 1. The first kappa shape index (κ1) is 21.5. The summed E-state index contributed by atoms with van der Waals surface area (Å²) in [5.74, 6) is -1.08. The van der Waals surface area contributed by atoms with Gasteiger partial charge in [-0.3, -0.25) is 14.9 Å². The molecule has 9 heteroatoms. The number of methoxy groups -OCH3 is 1. The third kappa shape index (κ3) is 4.51. The van der Waals surface area contributed by atoms with Crippen LogP contribution in [0.25, 0.3) is 0 Å². The topological polar surface area (TPSA) is 110 Å². The zero-order chi connectivity index (χ0) is 21.8. The van der Waals surface area contributed by atoms with Crippen molar-refractivity contribution in [3.8, 4) is 5.75 Å². The summed E-state index contributed by atoms with van der Waals surface area (Å²) in [6.45, 7) is 4.72. The number of ketones is 1. The number of hydrogen-bond acceptors (Lipinski definition) is 7. The zero-order valence-electron chi connectivity index (χ0n) is 17.2. The van der Waals surface area contributed by atoms with Crippen LogP contribution < -0.4 is 4.74 Å². The van der Waals surface area contributed by atoms with Crippen molar-refractivity contribution in [2.45, 2.75) is 39.3 Å². The van der Waals surface area contributed by atoms with E-state index >= 15 is 0 Å². The molecule has 0 amide bonds. The van der Waals surface area contributed by atoms with Crippen molar-refractivity contribution in [2.75, 3.05) is 20.3 Å². The fourth-order valence-corrected chi connectivity index (χ4v) is 3.61. The fourth-order valence-electron chi connectivity index (χ4n) is 3.61. The van der Waals surface area contributed by atoms with Gasteiger partial charge in [-0.05, 0) is 38.8 Å². The number of carbonyl (C=O) groups is 2. The number of carbonyl (C=O) groups excluding carboxylic acids is 2. The van der Waals surface area contributed by atoms with Crippen molar-refractivity contribution >= 4 is 17.4 Å². The van der Waals surface area contributed by atoms with Crippen LogP contribution in [-0.2, 0) is 16.0 Å². The normalized spacial score (nSPS) is 15.8. The van der Waals surface area contributed by atoms with Crippen LogP contribution in [0, 0.1) is 24.0 Å². The minimum atomic E-state index is -0.864. The Balaban J connectivity index is 1.71. The summed E-state index contributed by atoms with van der Waals surface area (Å²) in [5.41, 5.74) is 1.81. The summed E-state index contributed by atoms with van der Waals surface area (Å²) in [6, 6.07) is 5.38. The SMILES string of the molecule is COc1ccc([N+](=O)[O-])cc1C(=O)OCC(=O)c1cc(C)n(C[C@@H]2CCCO2)c1C. The van der Waals surface area contributed by atoms with Gasteiger partial charge in [0.05, 0.1) is 18.1 Å². The molecule has 0 saturated carbocycles. The second-order valence-corrected chi connectivity index (χ2v) is 7.17. The minimum absolute atomic E-state index is 0.108. The lowest BCUT2D eigenvalue weighted by atomic mass is 10.1. The quantitative estimate of drug-likeness (QED) is 0.281. The Hall–Kier alpha value is -3.20. The number of non-ortho nitro benzene ring substituents is 1. The highest BCUT2D eigenvalue weighted by molar-refractivity contribution is 6.01. The zero-order valence-corrected chi connectivity index (χ0v) is 17.2. The van der Waals surface area contributed by atoms with Crippen LogP contribution in [0.4, 0.5) is 5.69 Å². The summed E-state index contributed by atoms with van der Waals surface area (Å²) in [5, 5.41) is 11.0. The van der Waals surface area contributed by atoms with E-state index in [1.54, 1.807) is 6.07 Å². The average Bonchev–Trinajstić information content (AvgIpc) is 3.35. The van der Waals surface area contributed by atoms with Crippen LogP contribution in [0.5, 0.6) is 5.75 Å². The van der Waals surface area contributed by atoms with Crippen LogP contribution in [0.15, 0.2) is 24.3 Å². The van der Waals surface area contributed by atoms with Gasteiger partial charge in [0.15, 0.2) is 6.61 Å². The lowest BCUT2D eigenvalue weighted by Crippen LogP contribution is -2.18. The molecule has 2 aromatic rings. The smallest absolute Gasteiger partial charge is 0.342 e. The molecular formula is C21H24N2O7. The van der Waals surface area contributed by atoms with Crippen molar-refractivity contribution < 1.29 is 28.7 Å². The second kappa shape index (κ2) is 9.08. The van der Waals surface area contributed by atoms with E-state index in [-0.39, 0.29) is 28.9 Å². The Morgan fingerprint density at radius 2 is 2.03 bits per heavy atom. The first-order chi connectivity index (χ1) is 14.3. The van der Waals surface area contributed by atoms with Crippen LogP contribution in [-0.4, -0.2) is 47.7 Å². The fraction of sp³-hybridized carbons (Fsp3) is 0.429. The molecule has 1 aromatic carbocycles. The molecule has 1 aliphatic heterocycles. The van der Waals surface area contributed by atoms with Crippen LogP contribution >= 0.6 is 0 Å². The highest BCUT2D eigenvalue weighted by Gasteiger charge is 2.23. The van der Waals surface area contributed by atoms with Gasteiger partial charge in [-0.25, -0.2) is 4.79 Å². The molecule has 1 aromatic heterocycles. The largest absolute Gasteiger partial charge is 0.496 e. The number of Topliss-reactive ketones (excluding diaryl/α,β-unsaturated/α-hetero) is 1. The van der Waals surface area contributed by atoms with E-state index in [1.165, 1.54) is 19.2 Å². The van der Waals surface area contributed by atoms with Crippen molar-refractivity contribution in [1.82, 2.24) is 4.57 Å². The van der Waals surface area contributed by atoms with Crippen LogP contribution in [0.2, 0.25) is 0 Å². The molecule has 3 rings (SSSR count). The van der Waals surface area contributed by atoms with Crippen molar-refractivity contribution in [1.29, 1.82) is 0 Å². The molecule has 1 aliphatic rings. The maximum atomic E-state index is 12.7. The number of aryl methyl sites for hydroxylation is 1. The highest BCUT2D eigenvalue weighted by Crippen LogP contribution is 2.25. The summed E-state index contributed by atoms with van der Waals surface area (Å²) < 4.78 is 17.9. The molecule has 160 valence electrons. The Morgan fingerprint density at radius 3 is 2.67 bits per heavy atom. The van der Waals surface area contributed by atoms with E-state index in [1.807, 2.05) is 18.4 Å². The number of esters is 1. The Kier molecular flexibility index (Phi) is 6.51. The average molecular weight is 416 g/mol. The van der Waals surface area contributed by atoms with Crippen molar-refractivity contribution in [3.05, 3.63) is 56.9 Å². The number of hydrogen-bond donors (Lipinski definition) is 0. The number of nitrogens with zero attached hydrogens (tertiary/aromatic N) is 2. The van der Waals surface area contributed by atoms with Crippen LogP contribution in [0.1, 0.15) is 44.9 Å². The molecule has 0 bridgehead atoms. The molecule has 0 aliphatic carbocycles. The third-order valence-corrected chi connectivity index (χ3v) is 5.23. The molecule has 9 nitrogen and oxygen atoms in total. The molecule has 30 heavy (non-hydrogen) atoms. The standard InChI is InChI=1S/C21H24N2O7/c1-13-9-17(14(2)22(13)11-16-5-4-8-29-16)19(24)12-30-21(25)18-10-15(23(26)27)6-7-20(18)28-3/h6-7,9-10,16H,4-5,8,11-12H2,1-3H3/t16-/m0/s1. The molecule has 2 heterocycles. The van der Waals surface area contributed by atoms with Gasteiger partial charge in [0.25, 0.3) is 5.69 Å². The van der Waals surface area contributed by atoms with Gasteiger partial charge in [-0.15, -0.1) is 0 Å². The number of nitro benzene ring substituents is 1. The molecule has 1 atom stereocenters. The first-order valence-corrected chi connectivity index (χ1v) is 9.63. The lowest BCUT2D eigenvalue weighted by Gasteiger charge is -2.14. The molecular weight excluding hydrogens is 392 g/mol. The van der Waals surface area contributed by atoms with Gasteiger partial charge in [0.2, 0.25) is 5.78 Å².